The van der Waals surface area contributed by atoms with Gasteiger partial charge in [-0.1, -0.05) is 0 Å². The predicted octanol–water partition coefficient (Wildman–Crippen LogP) is -1.80. The van der Waals surface area contributed by atoms with Gasteiger partial charge in [-0.15, -0.1) is 0 Å². The maximum Gasteiger partial charge on any atom is 0.392 e. The normalized spacial score (nSPS) is 17.5. The molecule has 5 heteroatoms. The summed E-state index contributed by atoms with van der Waals surface area (Å²) in [6, 6.07) is 0. The molecule has 0 spiro atoms. The molecule has 62 valence electrons. The quantitative estimate of drug-likeness (QED) is 0.247. The third-order valence-electron chi connectivity index (χ3n) is 1.68. The zero-order valence-corrected chi connectivity index (χ0v) is 6.91. The summed E-state index contributed by atoms with van der Waals surface area (Å²) in [6.07, 6.45) is 0. The minimum absolute atomic E-state index is 0.112. The molecule has 0 bridgehead atoms. The van der Waals surface area contributed by atoms with Gasteiger partial charge in [0.15, 0.2) is 0 Å². The number of likely N-dealkylation sites (N-methyl/N-ethyl adjacent to an activating group) is 2. The van der Waals surface area contributed by atoms with Crippen molar-refractivity contribution in [2.75, 3.05) is 27.2 Å². The third-order valence-corrected chi connectivity index (χ3v) is 1.68. The molecule has 0 amide bonds. The number of nitrogens with zero attached hydrogens (tertiary/aromatic N) is 3. The average Bonchev–Trinajstić information content (AvgIpc) is 2.18. The van der Waals surface area contributed by atoms with Crippen LogP contribution >= 0.6 is 0 Å². The van der Waals surface area contributed by atoms with Crippen LogP contribution in [0.2, 0.25) is 0 Å². The van der Waals surface area contributed by atoms with Gasteiger partial charge in [-0.05, 0) is 4.99 Å². The minimum atomic E-state index is 0.112. The van der Waals surface area contributed by atoms with Crippen molar-refractivity contribution in [1.29, 1.82) is 0 Å². The summed E-state index contributed by atoms with van der Waals surface area (Å²) in [5.41, 5.74) is 10.5. The van der Waals surface area contributed by atoms with E-state index >= 15 is 0 Å². The Morgan fingerprint density at radius 3 is 2.64 bits per heavy atom. The lowest BCUT2D eigenvalue weighted by Crippen LogP contribution is -2.30. The van der Waals surface area contributed by atoms with Crippen molar-refractivity contribution >= 4 is 11.9 Å². The minimum Gasteiger partial charge on any atom is -0.356 e. The summed E-state index contributed by atoms with van der Waals surface area (Å²) in [6.45, 7) is 1.95. The van der Waals surface area contributed by atoms with E-state index in [2.05, 4.69) is 4.99 Å². The Bertz CT molecular complexity index is 213. The lowest BCUT2D eigenvalue weighted by Gasteiger charge is -1.99. The monoisotopic (exact) mass is 156 g/mol. The van der Waals surface area contributed by atoms with Crippen LogP contribution in [0.25, 0.3) is 0 Å². The average molecular weight is 156 g/mol. The molecule has 0 atom stereocenters. The van der Waals surface area contributed by atoms with Crippen LogP contribution in [0, 0.1) is 0 Å². The fourth-order valence-electron chi connectivity index (χ4n) is 1.08. The lowest BCUT2D eigenvalue weighted by molar-refractivity contribution is -0.487. The van der Waals surface area contributed by atoms with Crippen LogP contribution in [-0.4, -0.2) is 48.6 Å². The molecule has 0 fully saturated rings. The summed E-state index contributed by atoms with van der Waals surface area (Å²) in [5.74, 6) is 0.950. The van der Waals surface area contributed by atoms with E-state index in [4.69, 9.17) is 11.5 Å². The van der Waals surface area contributed by atoms with Crippen LogP contribution < -0.4 is 11.5 Å². The highest BCUT2D eigenvalue weighted by Crippen LogP contribution is 1.96. The maximum atomic E-state index is 5.25. The molecule has 1 aliphatic heterocycles. The van der Waals surface area contributed by atoms with Gasteiger partial charge in [-0.2, -0.15) is 0 Å². The molecule has 1 heterocycles. The molecule has 0 saturated carbocycles. The third kappa shape index (κ3) is 1.60. The summed E-state index contributed by atoms with van der Waals surface area (Å²) < 4.78 is 2.01. The molecule has 0 aromatic carbocycles. The highest BCUT2D eigenvalue weighted by Gasteiger charge is 2.23. The summed E-state index contributed by atoms with van der Waals surface area (Å²) in [4.78, 5) is 5.99. The van der Waals surface area contributed by atoms with Gasteiger partial charge in [-0.25, -0.2) is 0 Å². The molecule has 1 rings (SSSR count). The zero-order valence-electron chi connectivity index (χ0n) is 6.91. The second-order valence-electron chi connectivity index (χ2n) is 2.68. The van der Waals surface area contributed by atoms with Gasteiger partial charge in [0, 0.05) is 0 Å². The van der Waals surface area contributed by atoms with E-state index in [-0.39, 0.29) is 5.96 Å². The summed E-state index contributed by atoms with van der Waals surface area (Å²) in [5, 5.41) is 0. The molecule has 1 aliphatic rings. The number of guanidine groups is 2. The topological polar surface area (TPSA) is 70.6 Å². The van der Waals surface area contributed by atoms with Crippen LogP contribution in [0.15, 0.2) is 4.99 Å². The van der Waals surface area contributed by atoms with Gasteiger partial charge in [0.05, 0.1) is 27.2 Å². The van der Waals surface area contributed by atoms with Gasteiger partial charge in [0.1, 0.15) is 0 Å². The van der Waals surface area contributed by atoms with Crippen molar-refractivity contribution in [3.63, 3.8) is 0 Å². The first-order chi connectivity index (χ1) is 5.11. The standard InChI is InChI=1S/C6H13N5/c1-10-3-4-11(2)6(10)9-5(7)8/h3-4H2,1-2H3,(H3,7,8)/p+1. The Morgan fingerprint density at radius 1 is 1.64 bits per heavy atom. The van der Waals surface area contributed by atoms with Crippen LogP contribution in [0.4, 0.5) is 0 Å². The highest BCUT2D eigenvalue weighted by molar-refractivity contribution is 5.91. The van der Waals surface area contributed by atoms with Crippen molar-refractivity contribution in [3.8, 4) is 0 Å². The van der Waals surface area contributed by atoms with Gasteiger partial charge >= 0.3 is 5.96 Å². The molecular formula is C6H14N5+. The number of hydrogen-bond acceptors (Lipinski definition) is 2. The Hall–Kier alpha value is -1.26. The molecule has 0 aromatic heterocycles. The Labute approximate surface area is 66.0 Å². The van der Waals surface area contributed by atoms with Gasteiger partial charge in [0.2, 0.25) is 0 Å². The molecule has 0 saturated heterocycles. The van der Waals surface area contributed by atoms with Crippen LogP contribution in [0.1, 0.15) is 0 Å². The Morgan fingerprint density at radius 2 is 2.27 bits per heavy atom. The summed E-state index contributed by atoms with van der Waals surface area (Å²) in [7, 11) is 3.93. The second-order valence-corrected chi connectivity index (χ2v) is 2.68. The molecule has 0 aliphatic carbocycles. The molecule has 11 heavy (non-hydrogen) atoms. The van der Waals surface area contributed by atoms with E-state index in [1.807, 2.05) is 23.6 Å². The van der Waals surface area contributed by atoms with Crippen LogP contribution in [0.3, 0.4) is 0 Å². The van der Waals surface area contributed by atoms with Crippen molar-refractivity contribution < 1.29 is 4.58 Å². The van der Waals surface area contributed by atoms with Gasteiger partial charge < -0.3 is 11.5 Å². The largest absolute Gasteiger partial charge is 0.392 e. The number of rotatable bonds is 0. The number of aliphatic imine (C=N–C) groups is 1. The van der Waals surface area contributed by atoms with E-state index in [0.29, 0.717) is 0 Å². The van der Waals surface area contributed by atoms with E-state index in [1.165, 1.54) is 0 Å². The fraction of sp³-hybridized carbons (Fsp3) is 0.667. The first-order valence-corrected chi connectivity index (χ1v) is 3.50. The molecule has 0 unspecified atom stereocenters. The van der Waals surface area contributed by atoms with Gasteiger partial charge in [0.25, 0.3) is 5.96 Å². The van der Waals surface area contributed by atoms with E-state index < -0.39 is 0 Å². The molecule has 0 radical (unpaired) electrons. The first-order valence-electron chi connectivity index (χ1n) is 3.50. The second kappa shape index (κ2) is 2.77. The van der Waals surface area contributed by atoms with Crippen molar-refractivity contribution in [3.05, 3.63) is 0 Å². The van der Waals surface area contributed by atoms with Crippen LogP contribution in [0.5, 0.6) is 0 Å². The summed E-state index contributed by atoms with van der Waals surface area (Å²) >= 11 is 0. The Kier molecular flexibility index (Phi) is 1.98. The molecule has 5 nitrogen and oxygen atoms in total. The fourth-order valence-corrected chi connectivity index (χ4v) is 1.08. The number of hydrogen-bond donors (Lipinski definition) is 2. The van der Waals surface area contributed by atoms with E-state index in [0.717, 1.165) is 19.0 Å². The SMILES string of the molecule is CN1CC[N+](C)=C1N=C(N)N. The van der Waals surface area contributed by atoms with Crippen molar-refractivity contribution in [1.82, 2.24) is 4.90 Å². The zero-order chi connectivity index (χ0) is 8.43. The van der Waals surface area contributed by atoms with E-state index in [9.17, 15) is 0 Å². The Balaban J connectivity index is 2.84. The van der Waals surface area contributed by atoms with Crippen molar-refractivity contribution in [2.24, 2.45) is 16.5 Å². The van der Waals surface area contributed by atoms with Crippen molar-refractivity contribution in [2.45, 2.75) is 0 Å². The first kappa shape index (κ1) is 7.84. The smallest absolute Gasteiger partial charge is 0.356 e. The van der Waals surface area contributed by atoms with Crippen LogP contribution in [-0.2, 0) is 0 Å². The molecule has 0 aromatic rings. The lowest BCUT2D eigenvalue weighted by atomic mass is 10.6. The maximum absolute atomic E-state index is 5.25. The van der Waals surface area contributed by atoms with E-state index in [1.54, 1.807) is 0 Å². The number of nitrogens with two attached hydrogens (primary N) is 2. The molecule has 4 N–H and O–H groups in total. The predicted molar refractivity (Wildman–Crippen MR) is 44.5 cm³/mol. The van der Waals surface area contributed by atoms with Gasteiger partial charge in [-0.3, -0.25) is 9.48 Å². The highest BCUT2D eigenvalue weighted by atomic mass is 15.4. The molecular weight excluding hydrogens is 142 g/mol.